The second kappa shape index (κ2) is 8.91. The summed E-state index contributed by atoms with van der Waals surface area (Å²) in [5, 5.41) is 16.9. The van der Waals surface area contributed by atoms with Gasteiger partial charge in [0.15, 0.2) is 0 Å². The Bertz CT molecular complexity index is 1090. The third kappa shape index (κ3) is 4.37. The lowest BCUT2D eigenvalue weighted by atomic mass is 10.1. The molecule has 2 heterocycles. The van der Waals surface area contributed by atoms with Gasteiger partial charge in [-0.05, 0) is 37.1 Å². The molecule has 1 aromatic heterocycles. The Morgan fingerprint density at radius 1 is 1.16 bits per heavy atom. The number of nitro groups is 1. The third-order valence-corrected chi connectivity index (χ3v) is 5.48. The van der Waals surface area contributed by atoms with Gasteiger partial charge in [-0.2, -0.15) is 0 Å². The van der Waals surface area contributed by atoms with Gasteiger partial charge < -0.3 is 20.0 Å². The van der Waals surface area contributed by atoms with Crippen molar-refractivity contribution in [3.8, 4) is 0 Å². The van der Waals surface area contributed by atoms with Crippen LogP contribution in [0, 0.1) is 10.1 Å². The van der Waals surface area contributed by atoms with E-state index in [4.69, 9.17) is 4.42 Å². The number of anilines is 2. The number of nitro benzene ring substituents is 1. The lowest BCUT2D eigenvalue weighted by Gasteiger charge is -2.24. The number of furan rings is 1. The van der Waals surface area contributed by atoms with E-state index in [2.05, 4.69) is 34.6 Å². The van der Waals surface area contributed by atoms with Gasteiger partial charge in [-0.3, -0.25) is 14.9 Å². The number of hydrogen-bond donors (Lipinski definition) is 2. The number of amides is 1. The molecule has 1 atom stereocenters. The van der Waals surface area contributed by atoms with Crippen molar-refractivity contribution in [2.75, 3.05) is 23.3 Å². The summed E-state index contributed by atoms with van der Waals surface area (Å²) < 4.78 is 5.64. The molecule has 0 radical (unpaired) electrons. The zero-order valence-electron chi connectivity index (χ0n) is 17.2. The van der Waals surface area contributed by atoms with Crippen LogP contribution in [0.15, 0.2) is 65.3 Å². The molecule has 8 heteroatoms. The second-order valence-corrected chi connectivity index (χ2v) is 7.52. The van der Waals surface area contributed by atoms with Crippen molar-refractivity contribution in [3.63, 3.8) is 0 Å². The molecule has 0 saturated carbocycles. The fourth-order valence-electron chi connectivity index (χ4n) is 3.94. The number of benzene rings is 2. The Morgan fingerprint density at radius 3 is 2.77 bits per heavy atom. The lowest BCUT2D eigenvalue weighted by Crippen LogP contribution is -2.32. The first kappa shape index (κ1) is 20.5. The van der Waals surface area contributed by atoms with Crippen LogP contribution in [0.3, 0.4) is 0 Å². The van der Waals surface area contributed by atoms with Crippen molar-refractivity contribution in [2.24, 2.45) is 0 Å². The summed E-state index contributed by atoms with van der Waals surface area (Å²) in [4.78, 5) is 25.6. The minimum atomic E-state index is -0.434. The van der Waals surface area contributed by atoms with Gasteiger partial charge in [0.1, 0.15) is 11.4 Å². The van der Waals surface area contributed by atoms with E-state index in [9.17, 15) is 14.9 Å². The molecule has 160 valence electrons. The Morgan fingerprint density at radius 2 is 1.94 bits per heavy atom. The molecule has 8 nitrogen and oxygen atoms in total. The Labute approximate surface area is 180 Å². The zero-order chi connectivity index (χ0) is 21.8. The maximum atomic E-state index is 12.7. The summed E-state index contributed by atoms with van der Waals surface area (Å²) in [6, 6.07) is 16.7. The van der Waals surface area contributed by atoms with E-state index in [1.807, 2.05) is 12.1 Å². The molecule has 0 fully saturated rings. The minimum Gasteiger partial charge on any atom is -0.467 e. The van der Waals surface area contributed by atoms with Crippen LogP contribution in [0.1, 0.15) is 28.6 Å². The third-order valence-electron chi connectivity index (χ3n) is 5.48. The predicted octanol–water partition coefficient (Wildman–Crippen LogP) is 3.98. The van der Waals surface area contributed by atoms with E-state index in [-0.39, 0.29) is 11.6 Å². The minimum absolute atomic E-state index is 0.00552. The van der Waals surface area contributed by atoms with Crippen LogP contribution < -0.4 is 15.5 Å². The van der Waals surface area contributed by atoms with Crippen LogP contribution in [-0.4, -0.2) is 30.0 Å². The van der Waals surface area contributed by atoms with Crippen LogP contribution in [-0.2, 0) is 13.0 Å². The van der Waals surface area contributed by atoms with Gasteiger partial charge in [0.25, 0.3) is 11.6 Å². The summed E-state index contributed by atoms with van der Waals surface area (Å²) in [6.45, 7) is 3.36. The molecule has 1 unspecified atom stereocenters. The number of fused-ring (bicyclic) bond motifs is 1. The van der Waals surface area contributed by atoms with Crippen molar-refractivity contribution >= 4 is 23.0 Å². The fraction of sp³-hybridized carbons (Fsp3) is 0.261. The molecule has 2 N–H and O–H groups in total. The molecule has 1 aliphatic heterocycles. The van der Waals surface area contributed by atoms with Gasteiger partial charge in [-0.25, -0.2) is 0 Å². The summed E-state index contributed by atoms with van der Waals surface area (Å²) in [7, 11) is 0. The number of carbonyl (C=O) groups excluding carboxylic acids is 1. The van der Waals surface area contributed by atoms with E-state index in [1.165, 1.54) is 23.6 Å². The van der Waals surface area contributed by atoms with Gasteiger partial charge in [0, 0.05) is 30.9 Å². The fourth-order valence-corrected chi connectivity index (χ4v) is 3.94. The molecular weight excluding hydrogens is 396 g/mol. The van der Waals surface area contributed by atoms with Gasteiger partial charge >= 0.3 is 0 Å². The maximum absolute atomic E-state index is 12.7. The highest BCUT2D eigenvalue weighted by Crippen LogP contribution is 2.33. The van der Waals surface area contributed by atoms with E-state index in [1.54, 1.807) is 24.3 Å². The molecule has 4 rings (SSSR count). The van der Waals surface area contributed by atoms with Gasteiger partial charge in [0.2, 0.25) is 0 Å². The lowest BCUT2D eigenvalue weighted by molar-refractivity contribution is -0.384. The summed E-state index contributed by atoms with van der Waals surface area (Å²) in [5.74, 6) is 0.390. The molecule has 31 heavy (non-hydrogen) atoms. The van der Waals surface area contributed by atoms with Crippen molar-refractivity contribution in [1.29, 1.82) is 0 Å². The van der Waals surface area contributed by atoms with Crippen LogP contribution in [0.2, 0.25) is 0 Å². The molecule has 3 aromatic rings. The molecule has 1 amide bonds. The quantitative estimate of drug-likeness (QED) is 0.325. The highest BCUT2D eigenvalue weighted by atomic mass is 16.6. The second-order valence-electron chi connectivity index (χ2n) is 7.52. The molecule has 0 saturated heterocycles. The van der Waals surface area contributed by atoms with E-state index >= 15 is 0 Å². The topological polar surface area (TPSA) is 101 Å². The molecule has 1 aliphatic rings. The normalized spacial score (nSPS) is 14.9. The number of para-hydroxylation sites is 3. The monoisotopic (exact) mass is 420 g/mol. The van der Waals surface area contributed by atoms with E-state index in [0.717, 1.165) is 6.42 Å². The van der Waals surface area contributed by atoms with Crippen LogP contribution in [0.5, 0.6) is 0 Å². The average molecular weight is 420 g/mol. The number of hydrogen-bond acceptors (Lipinski definition) is 6. The first-order valence-corrected chi connectivity index (χ1v) is 10.2. The van der Waals surface area contributed by atoms with Crippen molar-refractivity contribution in [1.82, 2.24) is 5.32 Å². The van der Waals surface area contributed by atoms with E-state index < -0.39 is 4.92 Å². The summed E-state index contributed by atoms with van der Waals surface area (Å²) in [5.41, 5.74) is 3.40. The van der Waals surface area contributed by atoms with E-state index in [0.29, 0.717) is 42.7 Å². The SMILES string of the molecule is CC1Cc2ccccc2N1Cc1occc1C(=O)NCCNc1ccccc1[N+](=O)[O-]. The van der Waals surface area contributed by atoms with Gasteiger partial charge in [0.05, 0.1) is 23.3 Å². The standard InChI is InChI=1S/C23H24N4O4/c1-16-14-17-6-2-4-8-20(17)26(16)15-22-18(10-13-31-22)23(28)25-12-11-24-19-7-3-5-9-21(19)27(29)30/h2-10,13,16,24H,11-12,14-15H2,1H3,(H,25,28). The number of rotatable bonds is 8. The zero-order valence-corrected chi connectivity index (χ0v) is 17.2. The molecular formula is C23H24N4O4. The molecule has 0 spiro atoms. The van der Waals surface area contributed by atoms with Crippen LogP contribution in [0.25, 0.3) is 0 Å². The Balaban J connectivity index is 1.35. The number of carbonyl (C=O) groups is 1. The smallest absolute Gasteiger partial charge is 0.292 e. The largest absolute Gasteiger partial charge is 0.467 e. The highest BCUT2D eigenvalue weighted by molar-refractivity contribution is 5.95. The molecule has 0 bridgehead atoms. The number of nitrogens with one attached hydrogen (secondary N) is 2. The molecule has 2 aromatic carbocycles. The number of nitrogens with zero attached hydrogens (tertiary/aromatic N) is 2. The predicted molar refractivity (Wildman–Crippen MR) is 118 cm³/mol. The van der Waals surface area contributed by atoms with Crippen LogP contribution >= 0.6 is 0 Å². The first-order valence-electron chi connectivity index (χ1n) is 10.2. The van der Waals surface area contributed by atoms with Gasteiger partial charge in [-0.1, -0.05) is 30.3 Å². The summed E-state index contributed by atoms with van der Waals surface area (Å²) >= 11 is 0. The van der Waals surface area contributed by atoms with Crippen molar-refractivity contribution < 1.29 is 14.1 Å². The summed E-state index contributed by atoms with van der Waals surface area (Å²) in [6.07, 6.45) is 2.50. The average Bonchev–Trinajstić information content (AvgIpc) is 3.36. The highest BCUT2D eigenvalue weighted by Gasteiger charge is 2.27. The Kier molecular flexibility index (Phi) is 5.88. The van der Waals surface area contributed by atoms with Crippen LogP contribution in [0.4, 0.5) is 17.1 Å². The first-order chi connectivity index (χ1) is 15.0. The van der Waals surface area contributed by atoms with Crippen molar-refractivity contribution in [3.05, 3.63) is 87.9 Å². The van der Waals surface area contributed by atoms with Gasteiger partial charge in [-0.15, -0.1) is 0 Å². The molecule has 0 aliphatic carbocycles. The Hall–Kier alpha value is -3.81. The maximum Gasteiger partial charge on any atom is 0.292 e. The van der Waals surface area contributed by atoms with Crippen molar-refractivity contribution in [2.45, 2.75) is 25.9 Å².